The van der Waals surface area contributed by atoms with Gasteiger partial charge in [-0.15, -0.1) is 11.8 Å². The molecule has 0 unspecified atom stereocenters. The second-order valence-electron chi connectivity index (χ2n) is 7.87. The van der Waals surface area contributed by atoms with Crippen molar-refractivity contribution >= 4 is 30.4 Å². The first-order valence-corrected chi connectivity index (χ1v) is 10.3. The van der Waals surface area contributed by atoms with Gasteiger partial charge < -0.3 is 14.4 Å². The van der Waals surface area contributed by atoms with Gasteiger partial charge in [-0.25, -0.2) is 18.6 Å². The lowest BCUT2D eigenvalue weighted by Gasteiger charge is -2.32. The first kappa shape index (κ1) is 22.5. The normalized spacial score (nSPS) is 18.3. The molecule has 0 radical (unpaired) electrons. The van der Waals surface area contributed by atoms with Gasteiger partial charge in [0.05, 0.1) is 16.8 Å². The lowest BCUT2D eigenvalue weighted by Crippen LogP contribution is -2.41. The lowest BCUT2D eigenvalue weighted by atomic mass is 9.83. The van der Waals surface area contributed by atoms with Gasteiger partial charge in [-0.05, 0) is 63.1 Å². The van der Waals surface area contributed by atoms with Crippen LogP contribution in [0.25, 0.3) is 5.57 Å². The average molecular weight is 433 g/mol. The number of carboxylic acids is 1. The molecule has 1 saturated heterocycles. The van der Waals surface area contributed by atoms with Crippen LogP contribution in [0.1, 0.15) is 43.6 Å². The molecule has 1 N–H and O–H groups in total. The number of thioether (sulfide) groups is 1. The molecule has 0 atom stereocenters. The molecule has 3 rings (SSSR count). The highest BCUT2D eigenvalue weighted by Crippen LogP contribution is 2.41. The SMILES string of the molecule is CC1(C)OB(C(F)=C(CSc2ncccc2C(=O)O)c2ccc(F)cc2)OC1(C)C. The predicted octanol–water partition coefficient (Wildman–Crippen LogP) is 5.02. The molecule has 1 fully saturated rings. The Bertz CT molecular complexity index is 963. The Balaban J connectivity index is 1.97. The zero-order valence-corrected chi connectivity index (χ0v) is 17.9. The Labute approximate surface area is 178 Å². The molecule has 0 saturated carbocycles. The van der Waals surface area contributed by atoms with Gasteiger partial charge in [-0.1, -0.05) is 12.1 Å². The highest BCUT2D eigenvalue weighted by molar-refractivity contribution is 7.99. The summed E-state index contributed by atoms with van der Waals surface area (Å²) in [5.41, 5.74) is -1.40. The Hall–Kier alpha value is -2.23. The largest absolute Gasteiger partial charge is 0.525 e. The molecular formula is C21H22BF2NO4S. The van der Waals surface area contributed by atoms with Gasteiger partial charge in [-0.3, -0.25) is 0 Å². The minimum absolute atomic E-state index is 0.0250. The monoisotopic (exact) mass is 433 g/mol. The summed E-state index contributed by atoms with van der Waals surface area (Å²) in [5, 5.41) is 9.61. The fourth-order valence-electron chi connectivity index (χ4n) is 2.84. The molecule has 158 valence electrons. The van der Waals surface area contributed by atoms with E-state index in [9.17, 15) is 14.3 Å². The third-order valence-corrected chi connectivity index (χ3v) is 6.33. The molecule has 1 aliphatic rings. The fraction of sp³-hybridized carbons (Fsp3) is 0.333. The summed E-state index contributed by atoms with van der Waals surface area (Å²) in [5.74, 6) is -1.51. The van der Waals surface area contributed by atoms with E-state index in [0.717, 1.165) is 11.8 Å². The summed E-state index contributed by atoms with van der Waals surface area (Å²) in [4.78, 5) is 15.5. The number of pyridine rings is 1. The number of aromatic nitrogens is 1. The molecule has 1 aliphatic heterocycles. The summed E-state index contributed by atoms with van der Waals surface area (Å²) in [6.07, 6.45) is 1.47. The van der Waals surface area contributed by atoms with Crippen LogP contribution in [0.5, 0.6) is 0 Å². The number of carbonyl (C=O) groups is 1. The smallest absolute Gasteiger partial charge is 0.478 e. The number of rotatable bonds is 6. The molecule has 5 nitrogen and oxygen atoms in total. The highest BCUT2D eigenvalue weighted by atomic mass is 32.2. The van der Waals surface area contributed by atoms with E-state index in [2.05, 4.69) is 4.98 Å². The van der Waals surface area contributed by atoms with E-state index in [-0.39, 0.29) is 21.9 Å². The number of hydrogen-bond donors (Lipinski definition) is 1. The van der Waals surface area contributed by atoms with Crippen molar-refractivity contribution in [3.63, 3.8) is 0 Å². The number of halogens is 2. The summed E-state index contributed by atoms with van der Waals surface area (Å²) in [7, 11) is -1.22. The summed E-state index contributed by atoms with van der Waals surface area (Å²) in [6.45, 7) is 7.28. The van der Waals surface area contributed by atoms with E-state index in [0.29, 0.717) is 5.56 Å². The summed E-state index contributed by atoms with van der Waals surface area (Å²) in [6, 6.07) is 8.36. The quantitative estimate of drug-likeness (QED) is 0.510. The third kappa shape index (κ3) is 4.58. The molecule has 0 amide bonds. The minimum atomic E-state index is -1.22. The summed E-state index contributed by atoms with van der Waals surface area (Å²) >= 11 is 1.07. The molecule has 1 aromatic carbocycles. The Morgan fingerprint density at radius 3 is 2.30 bits per heavy atom. The van der Waals surface area contributed by atoms with Crippen LogP contribution in [-0.4, -0.2) is 40.1 Å². The zero-order chi connectivity index (χ0) is 22.1. The molecule has 0 bridgehead atoms. The van der Waals surface area contributed by atoms with Crippen LogP contribution in [0, 0.1) is 5.82 Å². The van der Waals surface area contributed by atoms with Crippen LogP contribution in [-0.2, 0) is 9.31 Å². The van der Waals surface area contributed by atoms with E-state index in [1.54, 1.807) is 0 Å². The molecular weight excluding hydrogens is 411 g/mol. The van der Waals surface area contributed by atoms with Gasteiger partial charge >= 0.3 is 13.1 Å². The Kier molecular flexibility index (Phi) is 6.36. The maximum absolute atomic E-state index is 15.6. The van der Waals surface area contributed by atoms with Crippen LogP contribution < -0.4 is 0 Å². The van der Waals surface area contributed by atoms with E-state index in [1.807, 2.05) is 27.7 Å². The molecule has 9 heteroatoms. The van der Waals surface area contributed by atoms with Gasteiger partial charge in [0.15, 0.2) is 0 Å². The second-order valence-corrected chi connectivity index (χ2v) is 8.84. The van der Waals surface area contributed by atoms with Crippen molar-refractivity contribution in [2.45, 2.75) is 43.9 Å². The van der Waals surface area contributed by atoms with Gasteiger partial charge in [0.1, 0.15) is 16.6 Å². The van der Waals surface area contributed by atoms with Crippen molar-refractivity contribution in [3.05, 3.63) is 65.3 Å². The van der Waals surface area contributed by atoms with Crippen LogP contribution in [0.15, 0.2) is 53.3 Å². The number of aromatic carboxylic acids is 1. The standard InChI is InChI=1S/C21H22BF2NO4S/c1-20(2)21(3,4)29-22(28-20)17(24)16(13-7-9-14(23)10-8-13)12-30-18-15(19(26)27)6-5-11-25-18/h5-11H,12H2,1-4H3,(H,26,27). The third-order valence-electron chi connectivity index (χ3n) is 5.30. The van der Waals surface area contributed by atoms with Gasteiger partial charge in [0.2, 0.25) is 0 Å². The molecule has 2 heterocycles. The van der Waals surface area contributed by atoms with E-state index >= 15 is 4.39 Å². The van der Waals surface area contributed by atoms with Crippen molar-refractivity contribution in [3.8, 4) is 0 Å². The van der Waals surface area contributed by atoms with E-state index < -0.39 is 35.8 Å². The fourth-order valence-corrected chi connectivity index (χ4v) is 3.87. The highest BCUT2D eigenvalue weighted by Gasteiger charge is 2.53. The first-order chi connectivity index (χ1) is 14.0. The molecule has 30 heavy (non-hydrogen) atoms. The number of hydrogen-bond acceptors (Lipinski definition) is 5. The van der Waals surface area contributed by atoms with E-state index in [4.69, 9.17) is 9.31 Å². The van der Waals surface area contributed by atoms with Crippen LogP contribution in [0.2, 0.25) is 0 Å². The number of carboxylic acid groups (broad SMARTS) is 1. The van der Waals surface area contributed by atoms with E-state index in [1.165, 1.54) is 42.6 Å². The minimum Gasteiger partial charge on any atom is -0.478 e. The number of benzene rings is 1. The summed E-state index contributed by atoms with van der Waals surface area (Å²) < 4.78 is 40.6. The molecule has 2 aromatic rings. The first-order valence-electron chi connectivity index (χ1n) is 9.33. The van der Waals surface area contributed by atoms with Crippen molar-refractivity contribution in [1.29, 1.82) is 0 Å². The van der Waals surface area contributed by atoms with Crippen molar-refractivity contribution < 1.29 is 28.0 Å². The molecule has 1 aromatic heterocycles. The average Bonchev–Trinajstić information content (AvgIpc) is 2.90. The van der Waals surface area contributed by atoms with Crippen LogP contribution in [0.3, 0.4) is 0 Å². The maximum Gasteiger partial charge on any atom is 0.525 e. The Morgan fingerprint density at radius 1 is 1.13 bits per heavy atom. The molecule has 0 spiro atoms. The topological polar surface area (TPSA) is 68.7 Å². The molecule has 0 aliphatic carbocycles. The van der Waals surface area contributed by atoms with Crippen LogP contribution in [0.4, 0.5) is 8.78 Å². The van der Waals surface area contributed by atoms with Gasteiger partial charge in [0, 0.05) is 11.9 Å². The van der Waals surface area contributed by atoms with Gasteiger partial charge in [-0.2, -0.15) is 0 Å². The lowest BCUT2D eigenvalue weighted by molar-refractivity contribution is 0.00578. The Morgan fingerprint density at radius 2 is 1.73 bits per heavy atom. The van der Waals surface area contributed by atoms with Crippen molar-refractivity contribution in [1.82, 2.24) is 4.98 Å². The van der Waals surface area contributed by atoms with Crippen molar-refractivity contribution in [2.75, 3.05) is 5.75 Å². The van der Waals surface area contributed by atoms with Crippen LogP contribution >= 0.6 is 11.8 Å². The second kappa shape index (κ2) is 8.49. The maximum atomic E-state index is 15.6. The number of nitrogens with zero attached hydrogens (tertiary/aromatic N) is 1. The van der Waals surface area contributed by atoms with Gasteiger partial charge in [0.25, 0.3) is 0 Å². The predicted molar refractivity (Wildman–Crippen MR) is 112 cm³/mol. The zero-order valence-electron chi connectivity index (χ0n) is 17.1. The van der Waals surface area contributed by atoms with Crippen molar-refractivity contribution in [2.24, 2.45) is 0 Å².